The lowest BCUT2D eigenvalue weighted by Crippen LogP contribution is -2.15. The lowest BCUT2D eigenvalue weighted by Gasteiger charge is -2.12. The number of alkyl halides is 3. The third-order valence-corrected chi connectivity index (χ3v) is 1.97. The van der Waals surface area contributed by atoms with Crippen molar-refractivity contribution in [3.8, 4) is 5.75 Å². The largest absolute Gasteiger partial charge is 0.506 e. The summed E-state index contributed by atoms with van der Waals surface area (Å²) in [5.74, 6) is -1.51. The molecule has 1 rings (SSSR count). The molecule has 0 aliphatic carbocycles. The number of aromatic hydroxyl groups is 1. The van der Waals surface area contributed by atoms with E-state index in [4.69, 9.17) is 0 Å². The van der Waals surface area contributed by atoms with Gasteiger partial charge in [0.1, 0.15) is 5.75 Å². The van der Waals surface area contributed by atoms with E-state index in [1.807, 2.05) is 0 Å². The third kappa shape index (κ3) is 3.33. The number of hydrogen-bond acceptors (Lipinski definition) is 4. The molecule has 0 saturated heterocycles. The molecule has 1 N–H and O–H groups in total. The van der Waals surface area contributed by atoms with Crippen molar-refractivity contribution in [1.82, 2.24) is 4.98 Å². The van der Waals surface area contributed by atoms with Crippen LogP contribution in [0.4, 0.5) is 13.2 Å². The zero-order valence-corrected chi connectivity index (χ0v) is 8.91. The fraction of sp³-hybridized carbons (Fsp3) is 0.400. The van der Waals surface area contributed by atoms with Gasteiger partial charge in [-0.25, -0.2) is 0 Å². The van der Waals surface area contributed by atoms with Crippen LogP contribution in [-0.2, 0) is 22.1 Å². The summed E-state index contributed by atoms with van der Waals surface area (Å²) in [6.45, 7) is 1.60. The van der Waals surface area contributed by atoms with Gasteiger partial charge in [-0.15, -0.1) is 0 Å². The Bertz CT molecular complexity index is 418. The zero-order chi connectivity index (χ0) is 13.1. The number of aromatic nitrogens is 1. The molecule has 0 fully saturated rings. The molecule has 7 heteroatoms. The highest BCUT2D eigenvalue weighted by atomic mass is 19.4. The van der Waals surface area contributed by atoms with Gasteiger partial charge in [-0.2, -0.15) is 13.2 Å². The number of pyridine rings is 1. The van der Waals surface area contributed by atoms with E-state index in [-0.39, 0.29) is 6.61 Å². The molecule has 4 nitrogen and oxygen atoms in total. The summed E-state index contributed by atoms with van der Waals surface area (Å²) in [5.41, 5.74) is -1.66. The summed E-state index contributed by atoms with van der Waals surface area (Å²) in [6, 6.07) is 0. The number of carbonyl (C=O) groups excluding carboxylic acids is 1. The topological polar surface area (TPSA) is 59.4 Å². The maximum atomic E-state index is 12.6. The average molecular weight is 249 g/mol. The highest BCUT2D eigenvalue weighted by Crippen LogP contribution is 2.35. The predicted octanol–water partition coefficient (Wildman–Crippen LogP) is 1.91. The first-order valence-electron chi connectivity index (χ1n) is 4.75. The number of rotatable bonds is 3. The monoisotopic (exact) mass is 249 g/mol. The van der Waals surface area contributed by atoms with Crippen LogP contribution in [0.15, 0.2) is 12.4 Å². The highest BCUT2D eigenvalue weighted by Gasteiger charge is 2.35. The van der Waals surface area contributed by atoms with Gasteiger partial charge in [0, 0.05) is 11.8 Å². The standard InChI is InChI=1S/C10H10F3NO3/c1-2-17-9(16)3-6-7(10(11,12)13)4-14-5-8(6)15/h4-5,15H,2-3H2,1H3. The highest BCUT2D eigenvalue weighted by molar-refractivity contribution is 5.74. The van der Waals surface area contributed by atoms with E-state index in [1.54, 1.807) is 0 Å². The van der Waals surface area contributed by atoms with Crippen LogP contribution in [0, 0.1) is 0 Å². The van der Waals surface area contributed by atoms with E-state index >= 15 is 0 Å². The fourth-order valence-electron chi connectivity index (χ4n) is 1.26. The first kappa shape index (κ1) is 13.3. The van der Waals surface area contributed by atoms with Gasteiger partial charge in [0.05, 0.1) is 24.8 Å². The third-order valence-electron chi connectivity index (χ3n) is 1.97. The Hall–Kier alpha value is -1.79. The van der Waals surface area contributed by atoms with E-state index in [2.05, 4.69) is 9.72 Å². The molecule has 0 atom stereocenters. The molecule has 0 radical (unpaired) electrons. The fourth-order valence-corrected chi connectivity index (χ4v) is 1.26. The minimum Gasteiger partial charge on any atom is -0.506 e. The van der Waals surface area contributed by atoms with Gasteiger partial charge in [-0.05, 0) is 6.92 Å². The minimum absolute atomic E-state index is 0.0615. The number of ether oxygens (including phenoxy) is 1. The Labute approximate surface area is 95.0 Å². The van der Waals surface area contributed by atoms with E-state index in [1.165, 1.54) is 6.92 Å². The Morgan fingerprint density at radius 2 is 2.12 bits per heavy atom. The second-order valence-electron chi connectivity index (χ2n) is 3.16. The molecule has 94 valence electrons. The van der Waals surface area contributed by atoms with Crippen molar-refractivity contribution in [3.63, 3.8) is 0 Å². The van der Waals surface area contributed by atoms with Crippen molar-refractivity contribution >= 4 is 5.97 Å². The molecule has 1 heterocycles. The van der Waals surface area contributed by atoms with Crippen molar-refractivity contribution < 1.29 is 27.8 Å². The molecular formula is C10H10F3NO3. The maximum Gasteiger partial charge on any atom is 0.418 e. The first-order valence-corrected chi connectivity index (χ1v) is 4.75. The summed E-state index contributed by atoms with van der Waals surface area (Å²) in [4.78, 5) is 14.4. The maximum absolute atomic E-state index is 12.6. The number of nitrogens with zero attached hydrogens (tertiary/aromatic N) is 1. The van der Waals surface area contributed by atoms with Crippen molar-refractivity contribution in [2.24, 2.45) is 0 Å². The van der Waals surface area contributed by atoms with Crippen LogP contribution in [0.3, 0.4) is 0 Å². The van der Waals surface area contributed by atoms with Gasteiger partial charge in [0.25, 0.3) is 0 Å². The first-order chi connectivity index (χ1) is 7.86. The van der Waals surface area contributed by atoms with Crippen molar-refractivity contribution in [2.75, 3.05) is 6.61 Å². The molecule has 0 aromatic carbocycles. The van der Waals surface area contributed by atoms with Gasteiger partial charge < -0.3 is 9.84 Å². The molecule has 1 aromatic rings. The van der Waals surface area contributed by atoms with Gasteiger partial charge in [0.15, 0.2) is 0 Å². The van der Waals surface area contributed by atoms with Crippen LogP contribution >= 0.6 is 0 Å². The molecule has 0 unspecified atom stereocenters. The Balaban J connectivity index is 3.09. The van der Waals surface area contributed by atoms with Crippen LogP contribution in [-0.4, -0.2) is 22.7 Å². The Morgan fingerprint density at radius 1 is 1.47 bits per heavy atom. The van der Waals surface area contributed by atoms with Crippen molar-refractivity contribution in [1.29, 1.82) is 0 Å². The average Bonchev–Trinajstić information content (AvgIpc) is 2.19. The number of hydrogen-bond donors (Lipinski definition) is 1. The Morgan fingerprint density at radius 3 is 2.65 bits per heavy atom. The lowest BCUT2D eigenvalue weighted by molar-refractivity contribution is -0.143. The zero-order valence-electron chi connectivity index (χ0n) is 8.91. The van der Waals surface area contributed by atoms with Gasteiger partial charge in [-0.1, -0.05) is 0 Å². The quantitative estimate of drug-likeness (QED) is 0.831. The van der Waals surface area contributed by atoms with Crippen molar-refractivity contribution in [2.45, 2.75) is 19.5 Å². The molecule has 0 aliphatic heterocycles. The molecular weight excluding hydrogens is 239 g/mol. The van der Waals surface area contributed by atoms with Crippen LogP contribution in [0.2, 0.25) is 0 Å². The second-order valence-corrected chi connectivity index (χ2v) is 3.16. The molecule has 0 amide bonds. The molecule has 0 aliphatic rings. The molecule has 0 saturated carbocycles. The van der Waals surface area contributed by atoms with Crippen LogP contribution < -0.4 is 0 Å². The molecule has 17 heavy (non-hydrogen) atoms. The number of halogens is 3. The normalized spacial score (nSPS) is 11.3. The van der Waals surface area contributed by atoms with Gasteiger partial charge >= 0.3 is 12.1 Å². The summed E-state index contributed by atoms with van der Waals surface area (Å²) in [6.07, 6.45) is -3.90. The summed E-state index contributed by atoms with van der Waals surface area (Å²) in [7, 11) is 0. The number of carbonyl (C=O) groups is 1. The van der Waals surface area contributed by atoms with E-state index in [0.717, 1.165) is 6.20 Å². The SMILES string of the molecule is CCOC(=O)Cc1c(O)cncc1C(F)(F)F. The molecule has 0 bridgehead atoms. The lowest BCUT2D eigenvalue weighted by atomic mass is 10.1. The van der Waals surface area contributed by atoms with Crippen LogP contribution in [0.5, 0.6) is 5.75 Å². The van der Waals surface area contributed by atoms with E-state index < -0.39 is 35.4 Å². The van der Waals surface area contributed by atoms with Crippen molar-refractivity contribution in [3.05, 3.63) is 23.5 Å². The molecule has 1 aromatic heterocycles. The molecule has 0 spiro atoms. The van der Waals surface area contributed by atoms with E-state index in [9.17, 15) is 23.1 Å². The smallest absolute Gasteiger partial charge is 0.418 e. The number of esters is 1. The predicted molar refractivity (Wildman–Crippen MR) is 51.2 cm³/mol. The van der Waals surface area contributed by atoms with E-state index in [0.29, 0.717) is 6.20 Å². The summed E-state index contributed by atoms with van der Waals surface area (Å²) >= 11 is 0. The van der Waals surface area contributed by atoms with Gasteiger partial charge in [0.2, 0.25) is 0 Å². The minimum atomic E-state index is -4.67. The van der Waals surface area contributed by atoms with Gasteiger partial charge in [-0.3, -0.25) is 9.78 Å². The second kappa shape index (κ2) is 5.03. The summed E-state index contributed by atoms with van der Waals surface area (Å²) in [5, 5.41) is 9.30. The van der Waals surface area contributed by atoms with Crippen LogP contribution in [0.25, 0.3) is 0 Å². The summed E-state index contributed by atoms with van der Waals surface area (Å²) < 4.78 is 42.2. The Kier molecular flexibility index (Phi) is 3.93. The van der Waals surface area contributed by atoms with Crippen LogP contribution in [0.1, 0.15) is 18.1 Å².